The van der Waals surface area contributed by atoms with Crippen LogP contribution in [-0.4, -0.2) is 27.6 Å². The van der Waals surface area contributed by atoms with E-state index in [0.717, 1.165) is 12.8 Å². The molecule has 1 aliphatic carbocycles. The van der Waals surface area contributed by atoms with Crippen LogP contribution in [0.2, 0.25) is 0 Å². The maximum absolute atomic E-state index is 13.4. The normalized spacial score (nSPS) is 14.7. The predicted molar refractivity (Wildman–Crippen MR) is 98.0 cm³/mol. The van der Waals surface area contributed by atoms with Gasteiger partial charge in [-0.25, -0.2) is 4.39 Å². The molecule has 2 aromatic heterocycles. The highest BCUT2D eigenvalue weighted by Gasteiger charge is 2.23. The highest BCUT2D eigenvalue weighted by molar-refractivity contribution is 6.06. The van der Waals surface area contributed by atoms with Crippen molar-refractivity contribution in [1.29, 1.82) is 0 Å². The van der Waals surface area contributed by atoms with Crippen LogP contribution >= 0.6 is 0 Å². The average Bonchev–Trinajstić information content (AvgIpc) is 3.32. The van der Waals surface area contributed by atoms with Gasteiger partial charge < -0.3 is 9.84 Å². The third kappa shape index (κ3) is 3.82. The Balaban J connectivity index is 1.42. The van der Waals surface area contributed by atoms with E-state index < -0.39 is 0 Å². The molecular formula is C20H21FN4O2. The molecule has 1 aromatic carbocycles. The van der Waals surface area contributed by atoms with Crippen LogP contribution in [0.5, 0.6) is 0 Å². The number of aromatic nitrogens is 3. The number of nitrogens with zero attached hydrogens (tertiary/aromatic N) is 3. The molecule has 27 heavy (non-hydrogen) atoms. The van der Waals surface area contributed by atoms with Gasteiger partial charge in [0, 0.05) is 36.0 Å². The van der Waals surface area contributed by atoms with E-state index in [1.807, 2.05) is 0 Å². The zero-order chi connectivity index (χ0) is 18.8. The van der Waals surface area contributed by atoms with Gasteiger partial charge in [0.25, 0.3) is 5.91 Å². The molecule has 7 heteroatoms. The number of aryl methyl sites for hydroxylation is 1. The first-order valence-electron chi connectivity index (χ1n) is 9.28. The smallest absolute Gasteiger partial charge is 0.252 e. The molecule has 1 fully saturated rings. The van der Waals surface area contributed by atoms with E-state index in [-0.39, 0.29) is 11.7 Å². The van der Waals surface area contributed by atoms with E-state index in [0.29, 0.717) is 52.8 Å². The Morgan fingerprint density at radius 1 is 1.26 bits per heavy atom. The number of halogens is 1. The second-order valence-electron chi connectivity index (χ2n) is 7.01. The molecule has 1 saturated carbocycles. The third-order valence-electron chi connectivity index (χ3n) is 4.97. The lowest BCUT2D eigenvalue weighted by molar-refractivity contribution is 0.0955. The van der Waals surface area contributed by atoms with Gasteiger partial charge in [0.1, 0.15) is 5.82 Å². The summed E-state index contributed by atoms with van der Waals surface area (Å²) in [4.78, 5) is 21.4. The average molecular weight is 368 g/mol. The Morgan fingerprint density at radius 2 is 2.07 bits per heavy atom. The molecule has 6 nitrogen and oxygen atoms in total. The largest absolute Gasteiger partial charge is 0.352 e. The molecule has 0 unspecified atom stereocenters. The maximum atomic E-state index is 13.4. The van der Waals surface area contributed by atoms with Crippen LogP contribution in [0.1, 0.15) is 59.4 Å². The Morgan fingerprint density at radius 3 is 2.89 bits per heavy atom. The van der Waals surface area contributed by atoms with Gasteiger partial charge in [-0.3, -0.25) is 9.78 Å². The van der Waals surface area contributed by atoms with Crippen molar-refractivity contribution in [3.05, 3.63) is 53.1 Å². The Bertz CT molecular complexity index is 974. The van der Waals surface area contributed by atoms with Crippen LogP contribution in [0, 0.1) is 12.7 Å². The number of nitrogens with one attached hydrogen (secondary N) is 1. The van der Waals surface area contributed by atoms with Crippen molar-refractivity contribution >= 4 is 16.8 Å². The molecule has 1 aliphatic rings. The van der Waals surface area contributed by atoms with Gasteiger partial charge in [0.2, 0.25) is 5.89 Å². The summed E-state index contributed by atoms with van der Waals surface area (Å²) in [5, 5.41) is 7.52. The minimum Gasteiger partial charge on any atom is -0.352 e. The van der Waals surface area contributed by atoms with Gasteiger partial charge in [-0.1, -0.05) is 18.0 Å². The first-order chi connectivity index (χ1) is 13.1. The van der Waals surface area contributed by atoms with Crippen molar-refractivity contribution in [2.45, 2.75) is 44.9 Å². The molecule has 3 aromatic rings. The fourth-order valence-electron chi connectivity index (χ4n) is 3.61. The quantitative estimate of drug-likeness (QED) is 0.743. The van der Waals surface area contributed by atoms with E-state index >= 15 is 0 Å². The standard InChI is InChI=1S/C20H21FN4O2/c1-12-10-16(15-7-6-14(21)11-17(15)23-12)19(26)22-9-8-18-24-20(27-25-18)13-4-2-3-5-13/h6-7,10-11,13H,2-5,8-9H2,1H3,(H,22,26). The Labute approximate surface area is 156 Å². The Kier molecular flexibility index (Phi) is 4.83. The minimum absolute atomic E-state index is 0.225. The van der Waals surface area contributed by atoms with Crippen molar-refractivity contribution in [2.24, 2.45) is 0 Å². The number of carbonyl (C=O) groups excluding carboxylic acids is 1. The van der Waals surface area contributed by atoms with E-state index in [2.05, 4.69) is 20.4 Å². The summed E-state index contributed by atoms with van der Waals surface area (Å²) < 4.78 is 18.8. The second-order valence-corrected chi connectivity index (χ2v) is 7.01. The fourth-order valence-corrected chi connectivity index (χ4v) is 3.61. The number of fused-ring (bicyclic) bond motifs is 1. The molecule has 1 amide bonds. The molecule has 0 radical (unpaired) electrons. The SMILES string of the molecule is Cc1cc(C(=O)NCCc2noc(C3CCCC3)n2)c2ccc(F)cc2n1. The molecule has 0 saturated heterocycles. The number of amides is 1. The molecule has 0 aliphatic heterocycles. The molecule has 0 atom stereocenters. The van der Waals surface area contributed by atoms with Crippen molar-refractivity contribution in [3.8, 4) is 0 Å². The van der Waals surface area contributed by atoms with Crippen LogP contribution in [0.3, 0.4) is 0 Å². The summed E-state index contributed by atoms with van der Waals surface area (Å²) in [6.45, 7) is 2.18. The van der Waals surface area contributed by atoms with Gasteiger partial charge in [-0.05, 0) is 38.0 Å². The number of carbonyl (C=O) groups is 1. The van der Waals surface area contributed by atoms with E-state index in [4.69, 9.17) is 4.52 Å². The maximum Gasteiger partial charge on any atom is 0.252 e. The Hall–Kier alpha value is -2.83. The number of benzene rings is 1. The summed E-state index contributed by atoms with van der Waals surface area (Å²) >= 11 is 0. The molecule has 4 rings (SSSR count). The highest BCUT2D eigenvalue weighted by atomic mass is 19.1. The van der Waals surface area contributed by atoms with Gasteiger partial charge in [0.15, 0.2) is 5.82 Å². The number of pyridine rings is 1. The first kappa shape index (κ1) is 17.6. The third-order valence-corrected chi connectivity index (χ3v) is 4.97. The van der Waals surface area contributed by atoms with Gasteiger partial charge in [0.05, 0.1) is 11.1 Å². The fraction of sp³-hybridized carbons (Fsp3) is 0.400. The summed E-state index contributed by atoms with van der Waals surface area (Å²) in [6.07, 6.45) is 5.13. The van der Waals surface area contributed by atoms with E-state index in [9.17, 15) is 9.18 Å². The number of hydrogen-bond acceptors (Lipinski definition) is 5. The van der Waals surface area contributed by atoms with Crippen LogP contribution in [0.15, 0.2) is 28.8 Å². The molecule has 0 spiro atoms. The first-order valence-corrected chi connectivity index (χ1v) is 9.28. The molecule has 0 bridgehead atoms. The topological polar surface area (TPSA) is 80.9 Å². The monoisotopic (exact) mass is 368 g/mol. The van der Waals surface area contributed by atoms with Crippen LogP contribution in [0.4, 0.5) is 4.39 Å². The predicted octanol–water partition coefficient (Wildman–Crippen LogP) is 3.70. The molecular weight excluding hydrogens is 347 g/mol. The van der Waals surface area contributed by atoms with E-state index in [1.165, 1.54) is 25.0 Å². The van der Waals surface area contributed by atoms with Crippen LogP contribution < -0.4 is 5.32 Å². The number of hydrogen-bond donors (Lipinski definition) is 1. The zero-order valence-corrected chi connectivity index (χ0v) is 15.2. The summed E-state index contributed by atoms with van der Waals surface area (Å²) in [5.74, 6) is 1.10. The van der Waals surface area contributed by atoms with Gasteiger partial charge >= 0.3 is 0 Å². The zero-order valence-electron chi connectivity index (χ0n) is 15.2. The van der Waals surface area contributed by atoms with Gasteiger partial charge in [-0.2, -0.15) is 4.98 Å². The van der Waals surface area contributed by atoms with Crippen molar-refractivity contribution in [2.75, 3.05) is 6.54 Å². The van der Waals surface area contributed by atoms with Crippen molar-refractivity contribution in [1.82, 2.24) is 20.4 Å². The summed E-state index contributed by atoms with van der Waals surface area (Å²) in [5.41, 5.74) is 1.62. The molecule has 140 valence electrons. The lowest BCUT2D eigenvalue weighted by atomic mass is 10.1. The number of rotatable bonds is 5. The summed E-state index contributed by atoms with van der Waals surface area (Å²) in [7, 11) is 0. The lowest BCUT2D eigenvalue weighted by Gasteiger charge is -2.08. The van der Waals surface area contributed by atoms with Crippen molar-refractivity contribution in [3.63, 3.8) is 0 Å². The highest BCUT2D eigenvalue weighted by Crippen LogP contribution is 2.32. The van der Waals surface area contributed by atoms with Gasteiger partial charge in [-0.15, -0.1) is 0 Å². The van der Waals surface area contributed by atoms with Crippen LogP contribution in [-0.2, 0) is 6.42 Å². The second kappa shape index (κ2) is 7.42. The molecule has 1 N–H and O–H groups in total. The minimum atomic E-state index is -0.373. The molecule has 2 heterocycles. The summed E-state index contributed by atoms with van der Waals surface area (Å²) in [6, 6.07) is 5.96. The van der Waals surface area contributed by atoms with Crippen molar-refractivity contribution < 1.29 is 13.7 Å². The van der Waals surface area contributed by atoms with E-state index in [1.54, 1.807) is 19.1 Å². The lowest BCUT2D eigenvalue weighted by Crippen LogP contribution is -2.26. The van der Waals surface area contributed by atoms with Crippen LogP contribution in [0.25, 0.3) is 10.9 Å².